The van der Waals surface area contributed by atoms with Gasteiger partial charge in [-0.2, -0.15) is 0 Å². The number of methoxy groups -OCH3 is 1. The van der Waals surface area contributed by atoms with Gasteiger partial charge < -0.3 is 14.6 Å². The molecule has 1 aromatic carbocycles. The average Bonchev–Trinajstić information content (AvgIpc) is 3.09. The quantitative estimate of drug-likeness (QED) is 0.660. The molecule has 3 rings (SSSR count). The molecule has 144 valence electrons. The Bertz CT molecular complexity index is 1060. The maximum atomic E-state index is 12.4. The van der Waals surface area contributed by atoms with Crippen molar-refractivity contribution in [2.75, 3.05) is 13.7 Å². The van der Waals surface area contributed by atoms with Gasteiger partial charge in [-0.1, -0.05) is 18.2 Å². The van der Waals surface area contributed by atoms with E-state index in [9.17, 15) is 9.59 Å². The van der Waals surface area contributed by atoms with Crippen molar-refractivity contribution in [1.82, 2.24) is 24.0 Å². The third-order valence-corrected chi connectivity index (χ3v) is 4.78. The second kappa shape index (κ2) is 7.79. The van der Waals surface area contributed by atoms with E-state index in [-0.39, 0.29) is 17.3 Å². The van der Waals surface area contributed by atoms with Gasteiger partial charge in [0.2, 0.25) is 0 Å². The number of hydrogen-bond acceptors (Lipinski definition) is 5. The van der Waals surface area contributed by atoms with Crippen LogP contribution in [-0.4, -0.2) is 38.4 Å². The summed E-state index contributed by atoms with van der Waals surface area (Å²) in [4.78, 5) is 28.7. The summed E-state index contributed by atoms with van der Waals surface area (Å²) in [5, 5.41) is 3.46. The first-order valence-corrected chi connectivity index (χ1v) is 8.90. The Morgan fingerprint density at radius 2 is 1.93 bits per heavy atom. The van der Waals surface area contributed by atoms with Crippen LogP contribution in [0.4, 0.5) is 0 Å². The van der Waals surface area contributed by atoms with Gasteiger partial charge in [0.15, 0.2) is 11.2 Å². The predicted molar refractivity (Wildman–Crippen MR) is 104 cm³/mol. The lowest BCUT2D eigenvalue weighted by molar-refractivity contribution is 0.405. The fourth-order valence-electron chi connectivity index (χ4n) is 3.27. The highest BCUT2D eigenvalue weighted by Crippen LogP contribution is 2.18. The molecule has 1 unspecified atom stereocenters. The van der Waals surface area contributed by atoms with E-state index in [1.165, 1.54) is 11.6 Å². The van der Waals surface area contributed by atoms with E-state index in [1.807, 2.05) is 18.2 Å². The number of imidazole rings is 1. The van der Waals surface area contributed by atoms with Crippen molar-refractivity contribution in [3.63, 3.8) is 0 Å². The summed E-state index contributed by atoms with van der Waals surface area (Å²) < 4.78 is 9.69. The molecular weight excluding hydrogens is 346 g/mol. The molecule has 2 aromatic heterocycles. The van der Waals surface area contributed by atoms with Crippen LogP contribution in [-0.2, 0) is 27.1 Å². The van der Waals surface area contributed by atoms with Gasteiger partial charge in [-0.25, -0.2) is 9.78 Å². The monoisotopic (exact) mass is 371 g/mol. The lowest BCUT2D eigenvalue weighted by atomic mass is 10.1. The molecule has 0 aliphatic heterocycles. The Balaban J connectivity index is 1.69. The van der Waals surface area contributed by atoms with Crippen LogP contribution >= 0.6 is 0 Å². The van der Waals surface area contributed by atoms with Gasteiger partial charge in [-0.05, 0) is 25.0 Å². The van der Waals surface area contributed by atoms with E-state index < -0.39 is 0 Å². The molecule has 0 radical (unpaired) electrons. The first-order chi connectivity index (χ1) is 12.9. The number of fused-ring (bicyclic) bond motifs is 1. The van der Waals surface area contributed by atoms with Crippen LogP contribution < -0.4 is 21.3 Å². The number of rotatable bonds is 7. The fourth-order valence-corrected chi connectivity index (χ4v) is 3.27. The molecule has 0 bridgehead atoms. The van der Waals surface area contributed by atoms with Crippen LogP contribution in [0.5, 0.6) is 5.75 Å². The highest BCUT2D eigenvalue weighted by atomic mass is 16.5. The normalized spacial score (nSPS) is 12.4. The smallest absolute Gasteiger partial charge is 0.332 e. The van der Waals surface area contributed by atoms with Gasteiger partial charge in [-0.15, -0.1) is 0 Å². The number of para-hydroxylation sites is 1. The highest BCUT2D eigenvalue weighted by Gasteiger charge is 2.14. The number of aryl methyl sites for hydroxylation is 1. The summed E-state index contributed by atoms with van der Waals surface area (Å²) in [7, 11) is 4.78. The number of hydrogen-bond donors (Lipinski definition) is 1. The van der Waals surface area contributed by atoms with Crippen molar-refractivity contribution in [1.29, 1.82) is 0 Å². The lowest BCUT2D eigenvalue weighted by Gasteiger charge is -2.16. The van der Waals surface area contributed by atoms with Crippen molar-refractivity contribution < 1.29 is 4.74 Å². The number of benzene rings is 1. The zero-order valence-electron chi connectivity index (χ0n) is 16.1. The summed E-state index contributed by atoms with van der Waals surface area (Å²) >= 11 is 0. The van der Waals surface area contributed by atoms with Gasteiger partial charge in [-0.3, -0.25) is 13.9 Å². The molecule has 0 aliphatic carbocycles. The van der Waals surface area contributed by atoms with E-state index in [4.69, 9.17) is 4.74 Å². The molecule has 3 aromatic rings. The number of nitrogens with zero attached hydrogens (tertiary/aromatic N) is 4. The van der Waals surface area contributed by atoms with Crippen LogP contribution in [0.15, 0.2) is 40.2 Å². The molecule has 0 saturated carbocycles. The molecular formula is C19H25N5O3. The minimum absolute atomic E-state index is 0.239. The minimum atomic E-state index is -0.374. The van der Waals surface area contributed by atoms with Crippen molar-refractivity contribution in [2.24, 2.45) is 14.1 Å². The Kier molecular flexibility index (Phi) is 5.46. The Hall–Kier alpha value is -2.87. The lowest BCUT2D eigenvalue weighted by Crippen LogP contribution is -2.38. The zero-order valence-corrected chi connectivity index (χ0v) is 16.1. The maximum Gasteiger partial charge on any atom is 0.332 e. The largest absolute Gasteiger partial charge is 0.496 e. The van der Waals surface area contributed by atoms with E-state index >= 15 is 0 Å². The van der Waals surface area contributed by atoms with E-state index in [1.54, 1.807) is 25.1 Å². The van der Waals surface area contributed by atoms with Crippen molar-refractivity contribution in [3.8, 4) is 5.75 Å². The fraction of sp³-hybridized carbons (Fsp3) is 0.421. The Morgan fingerprint density at radius 3 is 2.67 bits per heavy atom. The third kappa shape index (κ3) is 3.66. The molecule has 1 atom stereocenters. The number of aromatic nitrogens is 4. The molecule has 1 N–H and O–H groups in total. The number of ether oxygens (including phenoxy) is 1. The Morgan fingerprint density at radius 1 is 1.19 bits per heavy atom. The summed E-state index contributed by atoms with van der Waals surface area (Å²) in [5.41, 5.74) is 1.30. The average molecular weight is 371 g/mol. The van der Waals surface area contributed by atoms with Crippen LogP contribution in [0.1, 0.15) is 12.5 Å². The van der Waals surface area contributed by atoms with Crippen molar-refractivity contribution in [2.45, 2.75) is 25.9 Å². The van der Waals surface area contributed by atoms with Gasteiger partial charge in [0.05, 0.1) is 13.4 Å². The maximum absolute atomic E-state index is 12.4. The predicted octanol–water partition coefficient (Wildman–Crippen LogP) is 0.663. The molecule has 0 spiro atoms. The van der Waals surface area contributed by atoms with Gasteiger partial charge in [0.25, 0.3) is 5.56 Å². The summed E-state index contributed by atoms with van der Waals surface area (Å²) in [6.45, 7) is 3.37. The van der Waals surface area contributed by atoms with E-state index in [0.29, 0.717) is 24.3 Å². The summed E-state index contributed by atoms with van der Waals surface area (Å²) in [6, 6.07) is 8.22. The minimum Gasteiger partial charge on any atom is -0.496 e. The van der Waals surface area contributed by atoms with E-state index in [0.717, 1.165) is 22.3 Å². The molecule has 0 amide bonds. The van der Waals surface area contributed by atoms with Gasteiger partial charge >= 0.3 is 5.69 Å². The highest BCUT2D eigenvalue weighted by molar-refractivity contribution is 5.69. The molecule has 2 heterocycles. The second-order valence-corrected chi connectivity index (χ2v) is 6.69. The summed E-state index contributed by atoms with van der Waals surface area (Å²) in [6.07, 6.45) is 2.45. The molecule has 0 aliphatic rings. The van der Waals surface area contributed by atoms with Crippen LogP contribution in [0.3, 0.4) is 0 Å². The number of nitrogens with one attached hydrogen (secondary N) is 1. The first kappa shape index (κ1) is 18.9. The standard InChI is InChI=1S/C19H25N5O3/c1-13(11-14-7-5-6-8-15(14)27-4)20-9-10-24-12-21-17-16(24)18(25)23(3)19(26)22(17)2/h5-8,12-13,20H,9-11H2,1-4H3. The topological polar surface area (TPSA) is 83.1 Å². The van der Waals surface area contributed by atoms with Crippen LogP contribution in [0.25, 0.3) is 11.2 Å². The summed E-state index contributed by atoms with van der Waals surface area (Å²) in [5.74, 6) is 0.885. The van der Waals surface area contributed by atoms with E-state index in [2.05, 4.69) is 23.3 Å². The molecule has 8 nitrogen and oxygen atoms in total. The van der Waals surface area contributed by atoms with Crippen LogP contribution in [0.2, 0.25) is 0 Å². The molecule has 8 heteroatoms. The molecule has 0 saturated heterocycles. The van der Waals surface area contributed by atoms with Crippen molar-refractivity contribution >= 4 is 11.2 Å². The Labute approximate surface area is 157 Å². The van der Waals surface area contributed by atoms with Crippen molar-refractivity contribution in [3.05, 3.63) is 57.0 Å². The third-order valence-electron chi connectivity index (χ3n) is 4.78. The van der Waals surface area contributed by atoms with Crippen LogP contribution in [0, 0.1) is 0 Å². The first-order valence-electron chi connectivity index (χ1n) is 8.90. The zero-order chi connectivity index (χ0) is 19.6. The second-order valence-electron chi connectivity index (χ2n) is 6.69. The van der Waals surface area contributed by atoms with Gasteiger partial charge in [0.1, 0.15) is 5.75 Å². The van der Waals surface area contributed by atoms with Gasteiger partial charge in [0, 0.05) is 33.2 Å². The molecule has 0 fully saturated rings. The SMILES string of the molecule is COc1ccccc1CC(C)NCCn1cnc2c1c(=O)n(C)c(=O)n2C. The molecule has 27 heavy (non-hydrogen) atoms.